The molecular formula is C13H23Cl2N3O3. The highest BCUT2D eigenvalue weighted by atomic mass is 35.5. The fourth-order valence-corrected chi connectivity index (χ4v) is 2.50. The van der Waals surface area contributed by atoms with Gasteiger partial charge in [0.1, 0.15) is 10.7 Å². The Hall–Kier alpha value is -0.820. The zero-order valence-electron chi connectivity index (χ0n) is 12.3. The normalized spacial score (nSPS) is 16.9. The van der Waals surface area contributed by atoms with E-state index < -0.39 is 4.92 Å². The van der Waals surface area contributed by atoms with Crippen LogP contribution in [0.3, 0.4) is 0 Å². The minimum absolute atomic E-state index is 0. The molecule has 0 saturated carbocycles. The smallest absolute Gasteiger partial charge is 0.404 e. The molecule has 2 rings (SSSR count). The number of nitro groups is 1. The third kappa shape index (κ3) is 5.47. The van der Waals surface area contributed by atoms with Crippen molar-refractivity contribution >= 4 is 30.7 Å². The third-order valence-electron chi connectivity index (χ3n) is 3.41. The van der Waals surface area contributed by atoms with Gasteiger partial charge in [-0.2, -0.15) is 0 Å². The van der Waals surface area contributed by atoms with Gasteiger partial charge in [-0.05, 0) is 18.4 Å². The maximum atomic E-state index is 10.7. The molecule has 1 fully saturated rings. The van der Waals surface area contributed by atoms with E-state index in [1.165, 1.54) is 6.07 Å². The Morgan fingerprint density at radius 2 is 1.95 bits per heavy atom. The topological polar surface area (TPSA) is 71.5 Å². The lowest BCUT2D eigenvalue weighted by Gasteiger charge is -2.34. The van der Waals surface area contributed by atoms with Crippen LogP contribution in [-0.4, -0.2) is 36.0 Å². The summed E-state index contributed by atoms with van der Waals surface area (Å²) in [7, 11) is 0. The van der Waals surface area contributed by atoms with Gasteiger partial charge in [0.2, 0.25) is 0 Å². The minimum atomic E-state index is -0.478. The first-order chi connectivity index (χ1) is 9.08. The SMILES string of the molecule is CC(C)C[C@H](c1ccc([N+](=O)[O-])o1)N1CCNCC1.Cl.Cl. The van der Waals surface area contributed by atoms with E-state index in [9.17, 15) is 10.1 Å². The Balaban J connectivity index is 0.00000200. The molecule has 1 N–H and O–H groups in total. The summed E-state index contributed by atoms with van der Waals surface area (Å²) in [6, 6.07) is 3.33. The molecule has 0 bridgehead atoms. The van der Waals surface area contributed by atoms with Crippen molar-refractivity contribution in [1.29, 1.82) is 0 Å². The summed E-state index contributed by atoms with van der Waals surface area (Å²) in [6.45, 7) is 8.13. The Bertz CT molecular complexity index is 434. The quantitative estimate of drug-likeness (QED) is 0.659. The Morgan fingerprint density at radius 3 is 2.43 bits per heavy atom. The van der Waals surface area contributed by atoms with Crippen LogP contribution >= 0.6 is 24.8 Å². The van der Waals surface area contributed by atoms with Gasteiger partial charge in [-0.15, -0.1) is 24.8 Å². The van der Waals surface area contributed by atoms with Gasteiger partial charge < -0.3 is 9.73 Å². The first-order valence-corrected chi connectivity index (χ1v) is 6.77. The number of hydrogen-bond donors (Lipinski definition) is 1. The van der Waals surface area contributed by atoms with Gasteiger partial charge in [0, 0.05) is 26.2 Å². The highest BCUT2D eigenvalue weighted by Crippen LogP contribution is 2.31. The van der Waals surface area contributed by atoms with E-state index in [0.29, 0.717) is 11.7 Å². The fraction of sp³-hybridized carbons (Fsp3) is 0.692. The molecule has 1 aromatic heterocycles. The number of nitrogens with one attached hydrogen (secondary N) is 1. The van der Waals surface area contributed by atoms with Crippen molar-refractivity contribution in [2.75, 3.05) is 26.2 Å². The monoisotopic (exact) mass is 339 g/mol. The molecular weight excluding hydrogens is 317 g/mol. The molecule has 8 heteroatoms. The molecule has 0 radical (unpaired) electrons. The molecule has 1 aliphatic heterocycles. The standard InChI is InChI=1S/C13H21N3O3.2ClH/c1-10(2)9-11(15-7-5-14-6-8-15)12-3-4-13(19-12)16(17)18;;/h3-4,10-11,14H,5-9H2,1-2H3;2*1H/t11-;;/m1../s1. The van der Waals surface area contributed by atoms with Crippen LogP contribution in [0.1, 0.15) is 32.1 Å². The van der Waals surface area contributed by atoms with Crippen LogP contribution in [0, 0.1) is 16.0 Å². The summed E-state index contributed by atoms with van der Waals surface area (Å²) in [4.78, 5) is 12.6. The van der Waals surface area contributed by atoms with E-state index in [0.717, 1.165) is 32.6 Å². The van der Waals surface area contributed by atoms with E-state index in [1.807, 2.05) is 0 Å². The average Bonchev–Trinajstić information content (AvgIpc) is 2.86. The summed E-state index contributed by atoms with van der Waals surface area (Å²) in [5, 5.41) is 14.0. The van der Waals surface area contributed by atoms with Gasteiger partial charge in [-0.3, -0.25) is 15.0 Å². The molecule has 0 aromatic carbocycles. The van der Waals surface area contributed by atoms with Crippen LogP contribution in [0.4, 0.5) is 5.88 Å². The maximum Gasteiger partial charge on any atom is 0.433 e. The average molecular weight is 340 g/mol. The van der Waals surface area contributed by atoms with Crippen LogP contribution in [0.2, 0.25) is 0 Å². The van der Waals surface area contributed by atoms with E-state index >= 15 is 0 Å². The molecule has 2 heterocycles. The Morgan fingerprint density at radius 1 is 1.33 bits per heavy atom. The summed E-state index contributed by atoms with van der Waals surface area (Å²) < 4.78 is 5.40. The predicted molar refractivity (Wildman–Crippen MR) is 86.5 cm³/mol. The Labute approximate surface area is 137 Å². The molecule has 21 heavy (non-hydrogen) atoms. The number of nitrogens with zero attached hydrogens (tertiary/aromatic N) is 2. The summed E-state index contributed by atoms with van der Waals surface area (Å²) >= 11 is 0. The predicted octanol–water partition coefficient (Wildman–Crippen LogP) is 3.02. The zero-order chi connectivity index (χ0) is 13.8. The number of hydrogen-bond acceptors (Lipinski definition) is 5. The van der Waals surface area contributed by atoms with Crippen LogP contribution in [0.25, 0.3) is 0 Å². The maximum absolute atomic E-state index is 10.7. The van der Waals surface area contributed by atoms with Crippen molar-refractivity contribution < 1.29 is 9.34 Å². The zero-order valence-corrected chi connectivity index (χ0v) is 13.9. The summed E-state index contributed by atoms with van der Waals surface area (Å²) in [6.07, 6.45) is 0.949. The highest BCUT2D eigenvalue weighted by Gasteiger charge is 2.27. The Kier molecular flexibility index (Phi) is 8.89. The first-order valence-electron chi connectivity index (χ1n) is 6.77. The molecule has 1 aromatic rings. The van der Waals surface area contributed by atoms with Crippen LogP contribution in [0.15, 0.2) is 16.5 Å². The number of piperazine rings is 1. The number of halogens is 2. The molecule has 0 aliphatic carbocycles. The fourth-order valence-electron chi connectivity index (χ4n) is 2.50. The van der Waals surface area contributed by atoms with Gasteiger partial charge in [-0.25, -0.2) is 0 Å². The first kappa shape index (κ1) is 20.2. The second-order valence-corrected chi connectivity index (χ2v) is 5.36. The molecule has 1 aliphatic rings. The molecule has 0 amide bonds. The highest BCUT2D eigenvalue weighted by molar-refractivity contribution is 5.85. The van der Waals surface area contributed by atoms with Crippen molar-refractivity contribution in [3.8, 4) is 0 Å². The van der Waals surface area contributed by atoms with Gasteiger partial charge >= 0.3 is 5.88 Å². The van der Waals surface area contributed by atoms with Gasteiger partial charge in [0.15, 0.2) is 0 Å². The van der Waals surface area contributed by atoms with Gasteiger partial charge in [-0.1, -0.05) is 13.8 Å². The molecule has 6 nitrogen and oxygen atoms in total. The lowest BCUT2D eigenvalue weighted by Crippen LogP contribution is -2.45. The molecule has 0 unspecified atom stereocenters. The van der Waals surface area contributed by atoms with Gasteiger partial charge in [0.25, 0.3) is 0 Å². The third-order valence-corrected chi connectivity index (χ3v) is 3.41. The van der Waals surface area contributed by atoms with E-state index in [-0.39, 0.29) is 36.7 Å². The van der Waals surface area contributed by atoms with E-state index in [4.69, 9.17) is 4.42 Å². The largest absolute Gasteiger partial charge is 0.433 e. The second-order valence-electron chi connectivity index (χ2n) is 5.36. The van der Waals surface area contributed by atoms with Crippen molar-refractivity contribution in [2.45, 2.75) is 26.3 Å². The number of furan rings is 1. The van der Waals surface area contributed by atoms with E-state index in [2.05, 4.69) is 24.1 Å². The molecule has 1 saturated heterocycles. The molecule has 122 valence electrons. The minimum Gasteiger partial charge on any atom is -0.404 e. The lowest BCUT2D eigenvalue weighted by atomic mass is 10.00. The number of rotatable bonds is 5. The van der Waals surface area contributed by atoms with Crippen LogP contribution in [-0.2, 0) is 0 Å². The lowest BCUT2D eigenvalue weighted by molar-refractivity contribution is -0.402. The second kappa shape index (κ2) is 9.25. The van der Waals surface area contributed by atoms with Crippen LogP contribution < -0.4 is 5.32 Å². The summed E-state index contributed by atoms with van der Waals surface area (Å²) in [5.74, 6) is 1.06. The molecule has 0 spiro atoms. The van der Waals surface area contributed by atoms with Crippen molar-refractivity contribution in [3.63, 3.8) is 0 Å². The van der Waals surface area contributed by atoms with Gasteiger partial charge in [0.05, 0.1) is 12.1 Å². The molecule has 1 atom stereocenters. The summed E-state index contributed by atoms with van der Waals surface area (Å²) in [5.41, 5.74) is 0. The van der Waals surface area contributed by atoms with Crippen molar-refractivity contribution in [1.82, 2.24) is 10.2 Å². The van der Waals surface area contributed by atoms with Crippen molar-refractivity contribution in [3.05, 3.63) is 28.0 Å². The van der Waals surface area contributed by atoms with Crippen molar-refractivity contribution in [2.24, 2.45) is 5.92 Å². The van der Waals surface area contributed by atoms with Crippen LogP contribution in [0.5, 0.6) is 0 Å². The van der Waals surface area contributed by atoms with E-state index in [1.54, 1.807) is 6.07 Å².